The van der Waals surface area contributed by atoms with Gasteiger partial charge in [-0.25, -0.2) is 9.97 Å². The number of methoxy groups -OCH3 is 1. The summed E-state index contributed by atoms with van der Waals surface area (Å²) in [6, 6.07) is 9.50. The van der Waals surface area contributed by atoms with Crippen molar-refractivity contribution in [2.24, 2.45) is 0 Å². The molecule has 1 heterocycles. The van der Waals surface area contributed by atoms with E-state index >= 15 is 0 Å². The second kappa shape index (κ2) is 9.01. The van der Waals surface area contributed by atoms with E-state index in [1.165, 1.54) is 0 Å². The normalized spacial score (nSPS) is 10.4. The van der Waals surface area contributed by atoms with E-state index in [1.54, 1.807) is 25.1 Å². The Labute approximate surface area is 149 Å². The van der Waals surface area contributed by atoms with Crippen LogP contribution in [0.2, 0.25) is 0 Å². The van der Waals surface area contributed by atoms with Crippen molar-refractivity contribution in [2.75, 3.05) is 26.0 Å². The molecule has 0 atom stereocenters. The third-order valence-corrected chi connectivity index (χ3v) is 3.88. The first-order chi connectivity index (χ1) is 12.0. The fourth-order valence-electron chi connectivity index (χ4n) is 2.37. The van der Waals surface area contributed by atoms with Crippen LogP contribution in [0.4, 0.5) is 5.95 Å². The number of carbonyl (C=O) groups is 1. The van der Waals surface area contributed by atoms with Crippen LogP contribution in [0, 0.1) is 6.92 Å². The van der Waals surface area contributed by atoms with Gasteiger partial charge in [-0.05, 0) is 37.1 Å². The van der Waals surface area contributed by atoms with Gasteiger partial charge in [0.25, 0.3) is 5.91 Å². The number of anilines is 1. The molecule has 0 aliphatic rings. The topological polar surface area (TPSA) is 67.4 Å². The molecule has 1 amide bonds. The highest BCUT2D eigenvalue weighted by Crippen LogP contribution is 2.13. The number of amides is 1. The molecule has 0 fully saturated rings. The lowest BCUT2D eigenvalue weighted by Crippen LogP contribution is -2.28. The van der Waals surface area contributed by atoms with Gasteiger partial charge in [-0.15, -0.1) is 0 Å². The molecule has 0 aliphatic heterocycles. The second-order valence-corrected chi connectivity index (χ2v) is 6.00. The van der Waals surface area contributed by atoms with Crippen LogP contribution in [-0.4, -0.2) is 41.5 Å². The van der Waals surface area contributed by atoms with Crippen molar-refractivity contribution in [1.82, 2.24) is 14.9 Å². The summed E-state index contributed by atoms with van der Waals surface area (Å²) >= 11 is 0. The Morgan fingerprint density at radius 3 is 2.60 bits per heavy atom. The summed E-state index contributed by atoms with van der Waals surface area (Å²) < 4.78 is 5.15. The summed E-state index contributed by atoms with van der Waals surface area (Å²) in [6.45, 7) is 5.27. The average molecular weight is 342 g/mol. The Bertz CT molecular complexity index is 701. The molecule has 6 nitrogen and oxygen atoms in total. The molecule has 6 heteroatoms. The van der Waals surface area contributed by atoms with Crippen molar-refractivity contribution < 1.29 is 9.53 Å². The van der Waals surface area contributed by atoms with Gasteiger partial charge in [-0.1, -0.05) is 25.5 Å². The fourth-order valence-corrected chi connectivity index (χ4v) is 2.37. The molecule has 0 saturated heterocycles. The smallest absolute Gasteiger partial charge is 0.272 e. The molecule has 0 bridgehead atoms. The van der Waals surface area contributed by atoms with Crippen LogP contribution in [0.3, 0.4) is 0 Å². The number of nitrogens with zero attached hydrogens (tertiary/aromatic N) is 3. The summed E-state index contributed by atoms with van der Waals surface area (Å²) in [5, 5.41) is 3.18. The van der Waals surface area contributed by atoms with E-state index in [1.807, 2.05) is 31.2 Å². The number of ether oxygens (including phenoxy) is 1. The Morgan fingerprint density at radius 2 is 1.96 bits per heavy atom. The highest BCUT2D eigenvalue weighted by Gasteiger charge is 2.14. The number of benzene rings is 1. The Morgan fingerprint density at radius 1 is 1.24 bits per heavy atom. The molecule has 0 radical (unpaired) electrons. The monoisotopic (exact) mass is 342 g/mol. The van der Waals surface area contributed by atoms with Gasteiger partial charge >= 0.3 is 0 Å². The van der Waals surface area contributed by atoms with Crippen LogP contribution in [-0.2, 0) is 6.54 Å². The lowest BCUT2D eigenvalue weighted by molar-refractivity contribution is 0.0787. The van der Waals surface area contributed by atoms with Gasteiger partial charge in [-0.2, -0.15) is 0 Å². The molecule has 0 unspecified atom stereocenters. The third kappa shape index (κ3) is 5.45. The first-order valence-electron chi connectivity index (χ1n) is 8.51. The van der Waals surface area contributed by atoms with Crippen LogP contribution in [0.5, 0.6) is 5.75 Å². The lowest BCUT2D eigenvalue weighted by Gasteiger charge is -2.17. The number of hydrogen-bond acceptors (Lipinski definition) is 5. The van der Waals surface area contributed by atoms with E-state index in [0.29, 0.717) is 18.2 Å². The average Bonchev–Trinajstić information content (AvgIpc) is 2.63. The molecule has 134 valence electrons. The minimum Gasteiger partial charge on any atom is -0.497 e. The van der Waals surface area contributed by atoms with Crippen LogP contribution in [0.15, 0.2) is 30.3 Å². The Hall–Kier alpha value is -2.63. The zero-order chi connectivity index (χ0) is 18.2. The van der Waals surface area contributed by atoms with Crippen LogP contribution in [0.1, 0.15) is 41.5 Å². The Balaban J connectivity index is 2.05. The van der Waals surface area contributed by atoms with E-state index < -0.39 is 0 Å². The molecular formula is C19H26N4O2. The molecule has 2 aromatic rings. The second-order valence-electron chi connectivity index (χ2n) is 6.00. The molecular weight excluding hydrogens is 316 g/mol. The zero-order valence-corrected chi connectivity index (χ0v) is 15.4. The standard InChI is InChI=1S/C19H26N4O2/c1-5-6-11-23(3)18(24)17-12-14(2)21-19(22-17)20-13-15-7-9-16(25-4)10-8-15/h7-10,12H,5-6,11,13H2,1-4H3,(H,20,21,22). The molecule has 1 N–H and O–H groups in total. The molecule has 0 saturated carbocycles. The number of hydrogen-bond donors (Lipinski definition) is 1. The van der Waals surface area contributed by atoms with Gasteiger partial charge in [0, 0.05) is 25.8 Å². The minimum absolute atomic E-state index is 0.0774. The minimum atomic E-state index is -0.0774. The van der Waals surface area contributed by atoms with E-state index in [9.17, 15) is 4.79 Å². The first kappa shape index (κ1) is 18.7. The quantitative estimate of drug-likeness (QED) is 0.797. The fraction of sp³-hybridized carbons (Fsp3) is 0.421. The number of aromatic nitrogens is 2. The molecule has 25 heavy (non-hydrogen) atoms. The molecule has 0 spiro atoms. The summed E-state index contributed by atoms with van der Waals surface area (Å²) in [5.41, 5.74) is 2.27. The van der Waals surface area contributed by atoms with Crippen LogP contribution >= 0.6 is 0 Å². The third-order valence-electron chi connectivity index (χ3n) is 3.88. The van der Waals surface area contributed by atoms with Crippen molar-refractivity contribution in [1.29, 1.82) is 0 Å². The van der Waals surface area contributed by atoms with Gasteiger partial charge < -0.3 is 15.0 Å². The predicted molar refractivity (Wildman–Crippen MR) is 99.0 cm³/mol. The largest absolute Gasteiger partial charge is 0.497 e. The highest BCUT2D eigenvalue weighted by molar-refractivity contribution is 5.92. The van der Waals surface area contributed by atoms with Gasteiger partial charge in [-0.3, -0.25) is 4.79 Å². The molecule has 2 rings (SSSR count). The number of rotatable bonds is 8. The number of nitrogens with one attached hydrogen (secondary N) is 1. The maximum absolute atomic E-state index is 12.5. The summed E-state index contributed by atoms with van der Waals surface area (Å²) in [4.78, 5) is 22.9. The van der Waals surface area contributed by atoms with Crippen molar-refractivity contribution in [3.05, 3.63) is 47.3 Å². The predicted octanol–water partition coefficient (Wildman–Crippen LogP) is 3.28. The van der Waals surface area contributed by atoms with Gasteiger partial charge in [0.05, 0.1) is 7.11 Å². The molecule has 1 aromatic heterocycles. The summed E-state index contributed by atoms with van der Waals surface area (Å²) in [7, 11) is 3.45. The number of carbonyl (C=O) groups excluding carboxylic acids is 1. The van der Waals surface area contributed by atoms with Crippen molar-refractivity contribution >= 4 is 11.9 Å². The maximum Gasteiger partial charge on any atom is 0.272 e. The van der Waals surface area contributed by atoms with E-state index in [0.717, 1.165) is 36.4 Å². The van der Waals surface area contributed by atoms with E-state index in [4.69, 9.17) is 4.74 Å². The summed E-state index contributed by atoms with van der Waals surface area (Å²) in [6.07, 6.45) is 2.03. The van der Waals surface area contributed by atoms with Crippen LogP contribution in [0.25, 0.3) is 0 Å². The van der Waals surface area contributed by atoms with Crippen molar-refractivity contribution in [3.63, 3.8) is 0 Å². The molecule has 0 aliphatic carbocycles. The van der Waals surface area contributed by atoms with Gasteiger partial charge in [0.2, 0.25) is 5.95 Å². The highest BCUT2D eigenvalue weighted by atomic mass is 16.5. The van der Waals surface area contributed by atoms with Gasteiger partial charge in [0.15, 0.2) is 0 Å². The van der Waals surface area contributed by atoms with Crippen LogP contribution < -0.4 is 10.1 Å². The van der Waals surface area contributed by atoms with E-state index in [2.05, 4.69) is 22.2 Å². The van der Waals surface area contributed by atoms with Gasteiger partial charge in [0.1, 0.15) is 11.4 Å². The number of aryl methyl sites for hydroxylation is 1. The van der Waals surface area contributed by atoms with E-state index in [-0.39, 0.29) is 5.91 Å². The zero-order valence-electron chi connectivity index (χ0n) is 15.4. The van der Waals surface area contributed by atoms with Crippen molar-refractivity contribution in [2.45, 2.75) is 33.2 Å². The Kier molecular flexibility index (Phi) is 6.74. The molecule has 1 aromatic carbocycles. The van der Waals surface area contributed by atoms with Crippen molar-refractivity contribution in [3.8, 4) is 5.75 Å². The maximum atomic E-state index is 12.5. The SMILES string of the molecule is CCCCN(C)C(=O)c1cc(C)nc(NCc2ccc(OC)cc2)n1. The number of unbranched alkanes of at least 4 members (excludes halogenated alkanes) is 1. The lowest BCUT2D eigenvalue weighted by atomic mass is 10.2. The summed E-state index contributed by atoms with van der Waals surface area (Å²) in [5.74, 6) is 1.20. The first-order valence-corrected chi connectivity index (χ1v) is 8.51.